The van der Waals surface area contributed by atoms with Gasteiger partial charge in [0.25, 0.3) is 0 Å². The molecule has 3 rings (SSSR count). The monoisotopic (exact) mass is 272 g/mol. The molecule has 2 unspecified atom stereocenters. The first kappa shape index (κ1) is 12.9. The van der Waals surface area contributed by atoms with E-state index in [0.29, 0.717) is 18.6 Å². The largest absolute Gasteiger partial charge is 0.307 e. The third-order valence-corrected chi connectivity index (χ3v) is 7.67. The van der Waals surface area contributed by atoms with Gasteiger partial charge in [-0.15, -0.1) is 0 Å². The maximum atomic E-state index is 12.0. The Bertz CT molecular complexity index is 408. The third kappa shape index (κ3) is 2.00. The van der Waals surface area contributed by atoms with Crippen molar-refractivity contribution in [2.75, 3.05) is 19.6 Å². The Balaban J connectivity index is 1.68. The van der Waals surface area contributed by atoms with Crippen LogP contribution in [-0.4, -0.2) is 55.0 Å². The molecule has 3 heterocycles. The second-order valence-electron chi connectivity index (χ2n) is 6.60. The topological polar surface area (TPSA) is 49.4 Å². The second-order valence-corrected chi connectivity index (χ2v) is 9.39. The van der Waals surface area contributed by atoms with Crippen molar-refractivity contribution in [3.8, 4) is 0 Å². The highest BCUT2D eigenvalue weighted by molar-refractivity contribution is 7.92. The fourth-order valence-electron chi connectivity index (χ4n) is 4.06. The molecule has 1 N–H and O–H groups in total. The summed E-state index contributed by atoms with van der Waals surface area (Å²) >= 11 is 0. The van der Waals surface area contributed by atoms with Crippen molar-refractivity contribution in [2.45, 2.75) is 61.6 Å². The minimum atomic E-state index is -2.88. The highest BCUT2D eigenvalue weighted by Crippen LogP contribution is 2.38. The molecule has 3 aliphatic heterocycles. The van der Waals surface area contributed by atoms with Crippen LogP contribution in [0.3, 0.4) is 0 Å². The highest BCUT2D eigenvalue weighted by atomic mass is 32.2. The molecule has 3 fully saturated rings. The molecular weight excluding hydrogens is 248 g/mol. The molecule has 0 aliphatic carbocycles. The number of hydrogen-bond acceptors (Lipinski definition) is 4. The van der Waals surface area contributed by atoms with E-state index in [0.717, 1.165) is 12.6 Å². The van der Waals surface area contributed by atoms with E-state index in [4.69, 9.17) is 0 Å². The van der Waals surface area contributed by atoms with Crippen LogP contribution in [0, 0.1) is 0 Å². The van der Waals surface area contributed by atoms with Gasteiger partial charge in [-0.05, 0) is 39.5 Å². The zero-order valence-electron chi connectivity index (χ0n) is 11.4. The van der Waals surface area contributed by atoms with E-state index in [9.17, 15) is 8.42 Å². The van der Waals surface area contributed by atoms with Crippen molar-refractivity contribution in [1.29, 1.82) is 0 Å². The lowest BCUT2D eigenvalue weighted by Gasteiger charge is -2.40. The Labute approximate surface area is 110 Å². The lowest BCUT2D eigenvalue weighted by atomic mass is 9.87. The fourth-order valence-corrected chi connectivity index (χ4v) is 5.69. The molecule has 5 heteroatoms. The molecule has 0 radical (unpaired) electrons. The van der Waals surface area contributed by atoms with E-state index in [1.165, 1.54) is 25.7 Å². The standard InChI is InChI=1S/C13H24N2O2S/c1-10-7-15(8-11(2)18(10,16)17)9-13-5-3-12(14-13)4-6-13/h10-12,14H,3-9H2,1-2H3. The Morgan fingerprint density at radius 2 is 1.72 bits per heavy atom. The SMILES string of the molecule is CC1CN(CC23CCC(CC2)N3)CC(C)S1(=O)=O. The predicted octanol–water partition coefficient (Wildman–Crippen LogP) is 0.778. The van der Waals surface area contributed by atoms with Gasteiger partial charge in [0.2, 0.25) is 0 Å². The normalized spacial score (nSPS) is 47.6. The van der Waals surface area contributed by atoms with Gasteiger partial charge < -0.3 is 5.32 Å². The van der Waals surface area contributed by atoms with Gasteiger partial charge in [0, 0.05) is 31.2 Å². The number of sulfone groups is 1. The van der Waals surface area contributed by atoms with E-state index in [1.807, 2.05) is 13.8 Å². The number of nitrogens with one attached hydrogen (secondary N) is 1. The average molecular weight is 272 g/mol. The minimum Gasteiger partial charge on any atom is -0.307 e. The summed E-state index contributed by atoms with van der Waals surface area (Å²) in [5.41, 5.74) is 0.297. The van der Waals surface area contributed by atoms with E-state index in [-0.39, 0.29) is 10.5 Å². The van der Waals surface area contributed by atoms with Crippen LogP contribution >= 0.6 is 0 Å². The van der Waals surface area contributed by atoms with Gasteiger partial charge in [-0.2, -0.15) is 0 Å². The van der Waals surface area contributed by atoms with Crippen LogP contribution in [0.1, 0.15) is 39.5 Å². The van der Waals surface area contributed by atoms with E-state index >= 15 is 0 Å². The van der Waals surface area contributed by atoms with Crippen molar-refractivity contribution in [1.82, 2.24) is 10.2 Å². The van der Waals surface area contributed by atoms with Crippen molar-refractivity contribution >= 4 is 9.84 Å². The van der Waals surface area contributed by atoms with E-state index in [1.54, 1.807) is 0 Å². The Morgan fingerprint density at radius 3 is 2.17 bits per heavy atom. The summed E-state index contributed by atoms with van der Waals surface area (Å²) in [5.74, 6) is 0. The van der Waals surface area contributed by atoms with E-state index in [2.05, 4.69) is 10.2 Å². The first-order valence-electron chi connectivity index (χ1n) is 7.14. The maximum Gasteiger partial charge on any atom is 0.157 e. The fraction of sp³-hybridized carbons (Fsp3) is 1.00. The predicted molar refractivity (Wildman–Crippen MR) is 72.4 cm³/mol. The van der Waals surface area contributed by atoms with Gasteiger partial charge >= 0.3 is 0 Å². The minimum absolute atomic E-state index is 0.212. The zero-order chi connectivity index (χ0) is 13.0. The molecule has 2 atom stereocenters. The second kappa shape index (κ2) is 4.18. The number of rotatable bonds is 2. The highest BCUT2D eigenvalue weighted by Gasteiger charge is 2.46. The summed E-state index contributed by atoms with van der Waals surface area (Å²) < 4.78 is 24.0. The van der Waals surface area contributed by atoms with Crippen molar-refractivity contribution in [2.24, 2.45) is 0 Å². The molecule has 2 bridgehead atoms. The van der Waals surface area contributed by atoms with Gasteiger partial charge in [-0.25, -0.2) is 8.42 Å². The lowest BCUT2D eigenvalue weighted by Crippen LogP contribution is -2.56. The average Bonchev–Trinajstić information content (AvgIpc) is 2.86. The summed E-state index contributed by atoms with van der Waals surface area (Å²) in [6.07, 6.45) is 5.14. The first-order chi connectivity index (χ1) is 8.41. The lowest BCUT2D eigenvalue weighted by molar-refractivity contribution is 0.188. The molecule has 18 heavy (non-hydrogen) atoms. The van der Waals surface area contributed by atoms with Crippen LogP contribution < -0.4 is 5.32 Å². The summed E-state index contributed by atoms with van der Waals surface area (Å²) in [7, 11) is -2.88. The van der Waals surface area contributed by atoms with E-state index < -0.39 is 9.84 Å². The van der Waals surface area contributed by atoms with Gasteiger partial charge in [-0.3, -0.25) is 4.90 Å². The number of hydrogen-bond donors (Lipinski definition) is 1. The molecule has 0 amide bonds. The quantitative estimate of drug-likeness (QED) is 0.807. The van der Waals surface area contributed by atoms with Crippen LogP contribution in [-0.2, 0) is 9.84 Å². The summed E-state index contributed by atoms with van der Waals surface area (Å²) in [5, 5.41) is 3.32. The first-order valence-corrected chi connectivity index (χ1v) is 8.75. The van der Waals surface area contributed by atoms with Crippen molar-refractivity contribution in [3.05, 3.63) is 0 Å². The maximum absolute atomic E-state index is 12.0. The smallest absolute Gasteiger partial charge is 0.157 e. The van der Waals surface area contributed by atoms with Crippen molar-refractivity contribution < 1.29 is 8.42 Å². The Morgan fingerprint density at radius 1 is 1.17 bits per heavy atom. The summed E-state index contributed by atoms with van der Waals surface area (Å²) in [6, 6.07) is 0.730. The molecule has 4 nitrogen and oxygen atoms in total. The Hall–Kier alpha value is -0.130. The van der Waals surface area contributed by atoms with Gasteiger partial charge in [-0.1, -0.05) is 0 Å². The van der Waals surface area contributed by atoms with Crippen LogP contribution in [0.4, 0.5) is 0 Å². The third-order valence-electron chi connectivity index (χ3n) is 5.13. The van der Waals surface area contributed by atoms with Crippen LogP contribution in [0.2, 0.25) is 0 Å². The van der Waals surface area contributed by atoms with Crippen LogP contribution in [0.25, 0.3) is 0 Å². The number of fused-ring (bicyclic) bond motifs is 2. The summed E-state index contributed by atoms with van der Waals surface area (Å²) in [4.78, 5) is 2.37. The molecule has 104 valence electrons. The van der Waals surface area contributed by atoms with Crippen LogP contribution in [0.15, 0.2) is 0 Å². The molecule has 0 saturated carbocycles. The molecular formula is C13H24N2O2S. The molecule has 0 spiro atoms. The molecule has 0 aromatic carbocycles. The molecule has 0 aromatic rings. The molecule has 3 saturated heterocycles. The Kier molecular flexibility index (Phi) is 2.99. The van der Waals surface area contributed by atoms with Crippen molar-refractivity contribution in [3.63, 3.8) is 0 Å². The molecule has 3 aliphatic rings. The van der Waals surface area contributed by atoms with Gasteiger partial charge in [0.1, 0.15) is 0 Å². The molecule has 0 aromatic heterocycles. The number of nitrogens with zero attached hydrogens (tertiary/aromatic N) is 1. The van der Waals surface area contributed by atoms with Gasteiger partial charge in [0.15, 0.2) is 9.84 Å². The van der Waals surface area contributed by atoms with Crippen LogP contribution in [0.5, 0.6) is 0 Å². The summed E-state index contributed by atoms with van der Waals surface area (Å²) in [6.45, 7) is 6.17. The zero-order valence-corrected chi connectivity index (χ0v) is 12.2. The van der Waals surface area contributed by atoms with Gasteiger partial charge in [0.05, 0.1) is 10.5 Å².